The first-order chi connectivity index (χ1) is 10.8. The van der Waals surface area contributed by atoms with Crippen molar-refractivity contribution < 1.29 is 21.6 Å². The number of benzene rings is 1. The number of nitrogens with one attached hydrogen (secondary N) is 1. The number of ether oxygens (including phenoxy) is 1. The van der Waals surface area contributed by atoms with Gasteiger partial charge in [-0.15, -0.1) is 0 Å². The van der Waals surface area contributed by atoms with E-state index < -0.39 is 31.0 Å². The summed E-state index contributed by atoms with van der Waals surface area (Å²) in [5.74, 6) is -0.530. The first-order valence-corrected chi connectivity index (χ1v) is 10.9. The summed E-state index contributed by atoms with van der Waals surface area (Å²) in [6.07, 6.45) is 0.681. The SMILES string of the molecule is COCCCN[C@H]1CS(=O)(=O)C[C@@H]1S(=O)(=O)c1ccc(Cl)cc1. The molecular formula is C14H20ClNO5S2. The standard InChI is InChI=1S/C14H20ClNO5S2/c1-21-8-2-7-16-13-9-22(17,18)10-14(13)23(19,20)12-5-3-11(15)4-6-12/h3-6,13-14,16H,2,7-10H2,1H3/t13-,14-/m0/s1. The van der Waals surface area contributed by atoms with Crippen molar-refractivity contribution in [3.63, 3.8) is 0 Å². The Labute approximate surface area is 142 Å². The predicted octanol–water partition coefficient (Wildman–Crippen LogP) is 0.905. The molecule has 0 spiro atoms. The number of hydrogen-bond acceptors (Lipinski definition) is 6. The first-order valence-electron chi connectivity index (χ1n) is 7.18. The lowest BCUT2D eigenvalue weighted by Crippen LogP contribution is -2.43. The van der Waals surface area contributed by atoms with Crippen LogP contribution in [0.4, 0.5) is 0 Å². The van der Waals surface area contributed by atoms with Gasteiger partial charge in [0.25, 0.3) is 0 Å². The minimum atomic E-state index is -3.75. The van der Waals surface area contributed by atoms with Gasteiger partial charge in [-0.05, 0) is 37.2 Å². The summed E-state index contributed by atoms with van der Waals surface area (Å²) in [6.45, 7) is 1.03. The van der Waals surface area contributed by atoms with Gasteiger partial charge in [0, 0.05) is 24.8 Å². The van der Waals surface area contributed by atoms with Crippen molar-refractivity contribution in [2.45, 2.75) is 22.6 Å². The zero-order valence-corrected chi connectivity index (χ0v) is 15.1. The lowest BCUT2D eigenvalue weighted by Gasteiger charge is -2.20. The molecule has 1 aromatic carbocycles. The third-order valence-electron chi connectivity index (χ3n) is 3.77. The van der Waals surface area contributed by atoms with Gasteiger partial charge in [0.05, 0.1) is 21.7 Å². The molecule has 0 saturated carbocycles. The normalized spacial score (nSPS) is 23.9. The Morgan fingerprint density at radius 1 is 1.26 bits per heavy atom. The van der Waals surface area contributed by atoms with E-state index in [1.165, 1.54) is 24.3 Å². The largest absolute Gasteiger partial charge is 0.385 e. The summed E-state index contributed by atoms with van der Waals surface area (Å²) in [6, 6.07) is 5.17. The monoisotopic (exact) mass is 381 g/mol. The number of hydrogen-bond donors (Lipinski definition) is 1. The average molecular weight is 382 g/mol. The van der Waals surface area contributed by atoms with Crippen LogP contribution in [-0.2, 0) is 24.4 Å². The van der Waals surface area contributed by atoms with Crippen molar-refractivity contribution in [1.82, 2.24) is 5.32 Å². The Bertz CT molecular complexity index is 731. The molecule has 23 heavy (non-hydrogen) atoms. The summed E-state index contributed by atoms with van der Waals surface area (Å²) in [5.41, 5.74) is 0. The molecule has 9 heteroatoms. The molecule has 1 aromatic rings. The number of rotatable bonds is 7. The molecule has 0 aromatic heterocycles. The van der Waals surface area contributed by atoms with Crippen molar-refractivity contribution in [3.05, 3.63) is 29.3 Å². The van der Waals surface area contributed by atoms with Gasteiger partial charge in [0.2, 0.25) is 0 Å². The van der Waals surface area contributed by atoms with E-state index in [-0.39, 0.29) is 16.4 Å². The van der Waals surface area contributed by atoms with Gasteiger partial charge in [-0.25, -0.2) is 16.8 Å². The number of sulfone groups is 2. The molecule has 0 bridgehead atoms. The maximum absolute atomic E-state index is 12.8. The average Bonchev–Trinajstić information content (AvgIpc) is 2.80. The Hall–Kier alpha value is -0.670. The van der Waals surface area contributed by atoms with Crippen LogP contribution in [0.5, 0.6) is 0 Å². The van der Waals surface area contributed by atoms with E-state index in [1.54, 1.807) is 7.11 Å². The van der Waals surface area contributed by atoms with Crippen LogP contribution >= 0.6 is 11.6 Å². The van der Waals surface area contributed by atoms with E-state index in [0.29, 0.717) is 24.6 Å². The molecule has 130 valence electrons. The molecule has 0 amide bonds. The van der Waals surface area contributed by atoms with Gasteiger partial charge in [-0.1, -0.05) is 11.6 Å². The highest BCUT2D eigenvalue weighted by Gasteiger charge is 2.45. The lowest BCUT2D eigenvalue weighted by atomic mass is 10.2. The second-order valence-corrected chi connectivity index (χ2v) is 10.3. The quantitative estimate of drug-likeness (QED) is 0.706. The van der Waals surface area contributed by atoms with Gasteiger partial charge < -0.3 is 10.1 Å². The molecule has 2 rings (SSSR count). The van der Waals surface area contributed by atoms with Gasteiger partial charge in [0.15, 0.2) is 19.7 Å². The van der Waals surface area contributed by atoms with Crippen molar-refractivity contribution in [3.8, 4) is 0 Å². The van der Waals surface area contributed by atoms with Gasteiger partial charge in [-0.3, -0.25) is 0 Å². The molecule has 0 aliphatic carbocycles. The highest BCUT2D eigenvalue weighted by atomic mass is 35.5. The van der Waals surface area contributed by atoms with E-state index in [0.717, 1.165) is 0 Å². The van der Waals surface area contributed by atoms with E-state index >= 15 is 0 Å². The maximum Gasteiger partial charge on any atom is 0.183 e. The van der Waals surface area contributed by atoms with Crippen molar-refractivity contribution in [2.24, 2.45) is 0 Å². The fraction of sp³-hybridized carbons (Fsp3) is 0.571. The van der Waals surface area contributed by atoms with Gasteiger partial charge in [-0.2, -0.15) is 0 Å². The number of halogens is 1. The Morgan fingerprint density at radius 2 is 1.91 bits per heavy atom. The molecule has 0 unspecified atom stereocenters. The summed E-state index contributed by atoms with van der Waals surface area (Å²) < 4.78 is 54.3. The summed E-state index contributed by atoms with van der Waals surface area (Å²) >= 11 is 5.78. The third kappa shape index (κ3) is 4.67. The van der Waals surface area contributed by atoms with Crippen LogP contribution < -0.4 is 5.32 Å². The highest BCUT2D eigenvalue weighted by Crippen LogP contribution is 2.26. The molecule has 1 fully saturated rings. The molecule has 1 aliphatic heterocycles. The summed E-state index contributed by atoms with van der Waals surface area (Å²) in [5, 5.41) is 2.48. The maximum atomic E-state index is 12.8. The Morgan fingerprint density at radius 3 is 2.52 bits per heavy atom. The van der Waals surface area contributed by atoms with E-state index in [4.69, 9.17) is 16.3 Å². The summed E-state index contributed by atoms with van der Waals surface area (Å²) in [7, 11) is -5.56. The molecule has 0 radical (unpaired) electrons. The van der Waals surface area contributed by atoms with Gasteiger partial charge in [0.1, 0.15) is 0 Å². The zero-order valence-electron chi connectivity index (χ0n) is 12.7. The van der Waals surface area contributed by atoms with E-state index in [1.807, 2.05) is 0 Å². The van der Waals surface area contributed by atoms with Crippen LogP contribution in [0.2, 0.25) is 5.02 Å². The Kier molecular flexibility index (Phi) is 6.07. The van der Waals surface area contributed by atoms with Crippen LogP contribution in [0.25, 0.3) is 0 Å². The van der Waals surface area contributed by atoms with Gasteiger partial charge >= 0.3 is 0 Å². The van der Waals surface area contributed by atoms with Crippen molar-refractivity contribution in [1.29, 1.82) is 0 Å². The molecule has 1 heterocycles. The predicted molar refractivity (Wildman–Crippen MR) is 89.4 cm³/mol. The molecule has 1 aliphatic rings. The van der Waals surface area contributed by atoms with Crippen LogP contribution in [0.1, 0.15) is 6.42 Å². The molecule has 6 nitrogen and oxygen atoms in total. The van der Waals surface area contributed by atoms with Crippen molar-refractivity contribution in [2.75, 3.05) is 31.8 Å². The lowest BCUT2D eigenvalue weighted by molar-refractivity contribution is 0.193. The third-order valence-corrected chi connectivity index (χ3v) is 8.19. The molecule has 2 atom stereocenters. The minimum Gasteiger partial charge on any atom is -0.385 e. The minimum absolute atomic E-state index is 0.0905. The second kappa shape index (κ2) is 7.48. The van der Waals surface area contributed by atoms with Crippen LogP contribution in [0.15, 0.2) is 29.2 Å². The van der Waals surface area contributed by atoms with E-state index in [9.17, 15) is 16.8 Å². The zero-order chi connectivity index (χ0) is 17.1. The summed E-state index contributed by atoms with van der Waals surface area (Å²) in [4.78, 5) is 0.0905. The molecule has 1 N–H and O–H groups in total. The Balaban J connectivity index is 2.21. The fourth-order valence-electron chi connectivity index (χ4n) is 2.61. The van der Waals surface area contributed by atoms with Crippen molar-refractivity contribution >= 4 is 31.3 Å². The van der Waals surface area contributed by atoms with Crippen LogP contribution in [0.3, 0.4) is 0 Å². The highest BCUT2D eigenvalue weighted by molar-refractivity contribution is 7.96. The number of methoxy groups -OCH3 is 1. The van der Waals surface area contributed by atoms with E-state index in [2.05, 4.69) is 5.32 Å². The molecule has 1 saturated heterocycles. The topological polar surface area (TPSA) is 89.5 Å². The second-order valence-electron chi connectivity index (χ2n) is 5.52. The smallest absolute Gasteiger partial charge is 0.183 e. The molecular weight excluding hydrogens is 362 g/mol. The first kappa shape index (κ1) is 18.7. The van der Waals surface area contributed by atoms with Crippen LogP contribution in [0, 0.1) is 0 Å². The van der Waals surface area contributed by atoms with Crippen LogP contribution in [-0.4, -0.2) is 59.9 Å². The fourth-order valence-corrected chi connectivity index (χ4v) is 7.46.